The number of hydrogen-bond acceptors (Lipinski definition) is 2. The molecule has 2 aromatic carbocycles. The van der Waals surface area contributed by atoms with E-state index < -0.39 is 0 Å². The van der Waals surface area contributed by atoms with E-state index >= 15 is 0 Å². The summed E-state index contributed by atoms with van der Waals surface area (Å²) < 4.78 is 0. The van der Waals surface area contributed by atoms with Crippen molar-refractivity contribution >= 4 is 34.5 Å². The second-order valence-electron chi connectivity index (χ2n) is 7.59. The Morgan fingerprint density at radius 1 is 1.22 bits per heavy atom. The van der Waals surface area contributed by atoms with E-state index in [1.165, 1.54) is 16.8 Å². The molecule has 0 atom stereocenters. The van der Waals surface area contributed by atoms with Gasteiger partial charge in [0.2, 0.25) is 0 Å². The molecule has 0 saturated heterocycles. The molecule has 27 heavy (non-hydrogen) atoms. The van der Waals surface area contributed by atoms with Crippen LogP contribution in [0.2, 0.25) is 5.02 Å². The molecule has 2 nitrogen and oxygen atoms in total. The Bertz CT molecular complexity index is 961. The predicted molar refractivity (Wildman–Crippen MR) is 117 cm³/mol. The summed E-state index contributed by atoms with van der Waals surface area (Å²) in [6.07, 6.45) is 5.37. The van der Waals surface area contributed by atoms with Crippen molar-refractivity contribution in [2.24, 2.45) is 0 Å². The Morgan fingerprint density at radius 3 is 2.67 bits per heavy atom. The van der Waals surface area contributed by atoms with Crippen molar-refractivity contribution in [1.82, 2.24) is 0 Å². The van der Waals surface area contributed by atoms with Gasteiger partial charge in [-0.05, 0) is 74.2 Å². The van der Waals surface area contributed by atoms with Crippen LogP contribution in [0.5, 0.6) is 0 Å². The molecule has 0 aliphatic carbocycles. The van der Waals surface area contributed by atoms with E-state index in [1.807, 2.05) is 30.3 Å². The van der Waals surface area contributed by atoms with E-state index in [2.05, 4.69) is 62.9 Å². The first-order valence-electron chi connectivity index (χ1n) is 9.35. The predicted octanol–water partition coefficient (Wildman–Crippen LogP) is 6.82. The molecule has 0 bridgehead atoms. The van der Waals surface area contributed by atoms with Gasteiger partial charge in [-0.25, -0.2) is 0 Å². The molecule has 3 heteroatoms. The lowest BCUT2D eigenvalue weighted by atomic mass is 9.87. The van der Waals surface area contributed by atoms with Crippen LogP contribution in [0.25, 0.3) is 17.2 Å². The Kier molecular flexibility index (Phi) is 5.44. The summed E-state index contributed by atoms with van der Waals surface area (Å²) in [7, 11) is 0. The summed E-state index contributed by atoms with van der Waals surface area (Å²) >= 11 is 6.09. The second kappa shape index (κ2) is 7.62. The third kappa shape index (κ3) is 3.94. The maximum atomic E-state index is 9.62. The van der Waals surface area contributed by atoms with E-state index in [-0.39, 0.29) is 5.54 Å². The topological polar surface area (TPSA) is 27.0 Å². The van der Waals surface area contributed by atoms with Crippen molar-refractivity contribution in [3.05, 3.63) is 70.3 Å². The van der Waals surface area contributed by atoms with Crippen LogP contribution in [0.1, 0.15) is 50.8 Å². The highest BCUT2D eigenvalue weighted by Crippen LogP contribution is 2.39. The normalized spacial score (nSPS) is 15.8. The van der Waals surface area contributed by atoms with Gasteiger partial charge in [-0.2, -0.15) is 5.26 Å². The molecule has 0 unspecified atom stereocenters. The average molecular weight is 377 g/mol. The van der Waals surface area contributed by atoms with Crippen molar-refractivity contribution in [1.29, 1.82) is 5.26 Å². The molecule has 138 valence electrons. The fraction of sp³-hybridized carbons (Fsp3) is 0.292. The van der Waals surface area contributed by atoms with Crippen LogP contribution in [0.15, 0.2) is 48.5 Å². The number of nitrogens with zero attached hydrogens (tertiary/aromatic N) is 2. The number of allylic oxidation sites excluding steroid dienone is 2. The van der Waals surface area contributed by atoms with Gasteiger partial charge < -0.3 is 4.90 Å². The van der Waals surface area contributed by atoms with Crippen molar-refractivity contribution in [3.8, 4) is 6.07 Å². The molecule has 1 heterocycles. The minimum absolute atomic E-state index is 0.00303. The molecule has 0 radical (unpaired) electrons. The monoisotopic (exact) mass is 376 g/mol. The third-order valence-corrected chi connectivity index (χ3v) is 5.25. The van der Waals surface area contributed by atoms with E-state index in [1.54, 1.807) is 0 Å². The quantitative estimate of drug-likeness (QED) is 0.432. The second-order valence-corrected chi connectivity index (χ2v) is 8.03. The molecule has 0 saturated carbocycles. The number of rotatable bonds is 4. The van der Waals surface area contributed by atoms with Gasteiger partial charge in [0, 0.05) is 22.8 Å². The van der Waals surface area contributed by atoms with Gasteiger partial charge in [-0.1, -0.05) is 42.8 Å². The molecule has 3 rings (SSSR count). The van der Waals surface area contributed by atoms with Gasteiger partial charge in [0.25, 0.3) is 0 Å². The maximum absolute atomic E-state index is 9.62. The minimum atomic E-state index is 0.00303. The van der Waals surface area contributed by atoms with Gasteiger partial charge in [0.05, 0.1) is 17.2 Å². The van der Waals surface area contributed by atoms with E-state index in [9.17, 15) is 5.26 Å². The highest BCUT2D eigenvalue weighted by Gasteiger charge is 2.30. The first-order valence-corrected chi connectivity index (χ1v) is 9.73. The summed E-state index contributed by atoms with van der Waals surface area (Å²) in [5, 5.41) is 10.3. The fourth-order valence-electron chi connectivity index (χ4n) is 3.83. The molecule has 0 spiro atoms. The standard InChI is InChI=1S/C24H25ClN2/c1-5-11-27-23-10-9-18(13-22(23)17(2)15-24(27,3)4)12-20(16-26)19-7-6-8-21(25)14-19/h6-10,12-15H,5,11H2,1-4H3/b20-12+. The largest absolute Gasteiger partial charge is 0.362 e. The fourth-order valence-corrected chi connectivity index (χ4v) is 4.02. The molecule has 1 aliphatic heterocycles. The smallest absolute Gasteiger partial charge is 0.0998 e. The van der Waals surface area contributed by atoms with Crippen LogP contribution in [0, 0.1) is 11.3 Å². The first-order chi connectivity index (χ1) is 12.9. The number of benzene rings is 2. The first kappa shape index (κ1) is 19.3. The van der Waals surface area contributed by atoms with Gasteiger partial charge in [0.1, 0.15) is 0 Å². The lowest BCUT2D eigenvalue weighted by Crippen LogP contribution is -2.45. The van der Waals surface area contributed by atoms with Crippen LogP contribution in [0.3, 0.4) is 0 Å². The lowest BCUT2D eigenvalue weighted by molar-refractivity contribution is 0.550. The van der Waals surface area contributed by atoms with Crippen molar-refractivity contribution in [2.45, 2.75) is 39.7 Å². The summed E-state index contributed by atoms with van der Waals surface area (Å²) in [6, 6.07) is 16.2. The Morgan fingerprint density at radius 2 is 2.00 bits per heavy atom. The molecule has 1 aliphatic rings. The maximum Gasteiger partial charge on any atom is 0.0998 e. The lowest BCUT2D eigenvalue weighted by Gasteiger charge is -2.43. The van der Waals surface area contributed by atoms with Gasteiger partial charge >= 0.3 is 0 Å². The van der Waals surface area contributed by atoms with Crippen LogP contribution < -0.4 is 4.90 Å². The third-order valence-electron chi connectivity index (χ3n) is 5.02. The van der Waals surface area contributed by atoms with Crippen LogP contribution in [-0.4, -0.2) is 12.1 Å². The molecule has 0 aromatic heterocycles. The zero-order valence-corrected chi connectivity index (χ0v) is 17.1. The summed E-state index contributed by atoms with van der Waals surface area (Å²) in [6.45, 7) is 9.92. The number of hydrogen-bond donors (Lipinski definition) is 0. The molecule has 2 aromatic rings. The van der Waals surface area contributed by atoms with Crippen LogP contribution in [0.4, 0.5) is 5.69 Å². The van der Waals surface area contributed by atoms with Crippen molar-refractivity contribution in [3.63, 3.8) is 0 Å². The van der Waals surface area contributed by atoms with E-state index in [0.717, 1.165) is 24.1 Å². The molecule has 0 amide bonds. The summed E-state index contributed by atoms with van der Waals surface area (Å²) in [5.74, 6) is 0. The Hall–Kier alpha value is -2.50. The molecular weight excluding hydrogens is 352 g/mol. The number of nitriles is 1. The number of anilines is 1. The van der Waals surface area contributed by atoms with Crippen LogP contribution in [-0.2, 0) is 0 Å². The summed E-state index contributed by atoms with van der Waals surface area (Å²) in [5.41, 5.74) is 6.25. The number of fused-ring (bicyclic) bond motifs is 1. The van der Waals surface area contributed by atoms with Gasteiger partial charge in [-0.3, -0.25) is 0 Å². The Balaban J connectivity index is 2.06. The average Bonchev–Trinajstić information content (AvgIpc) is 2.63. The SMILES string of the molecule is CCCN1c2ccc(/C=C(\C#N)c3cccc(Cl)c3)cc2C(C)=CC1(C)C. The highest BCUT2D eigenvalue weighted by molar-refractivity contribution is 6.30. The van der Waals surface area contributed by atoms with Crippen molar-refractivity contribution < 1.29 is 0 Å². The van der Waals surface area contributed by atoms with Crippen molar-refractivity contribution in [2.75, 3.05) is 11.4 Å². The van der Waals surface area contributed by atoms with Crippen LogP contribution >= 0.6 is 11.6 Å². The molecular formula is C24H25ClN2. The highest BCUT2D eigenvalue weighted by atomic mass is 35.5. The zero-order chi connectivity index (χ0) is 19.6. The Labute approximate surface area is 167 Å². The minimum Gasteiger partial charge on any atom is -0.362 e. The van der Waals surface area contributed by atoms with E-state index in [0.29, 0.717) is 10.6 Å². The van der Waals surface area contributed by atoms with Gasteiger partial charge in [-0.15, -0.1) is 0 Å². The molecule has 0 fully saturated rings. The number of halogens is 1. The zero-order valence-electron chi connectivity index (χ0n) is 16.4. The van der Waals surface area contributed by atoms with Gasteiger partial charge in [0.15, 0.2) is 0 Å². The summed E-state index contributed by atoms with van der Waals surface area (Å²) in [4.78, 5) is 2.46. The molecule has 0 N–H and O–H groups in total. The van der Waals surface area contributed by atoms with E-state index in [4.69, 9.17) is 11.6 Å².